The van der Waals surface area contributed by atoms with Gasteiger partial charge in [-0.3, -0.25) is 4.79 Å². The third-order valence-corrected chi connectivity index (χ3v) is 7.17. The van der Waals surface area contributed by atoms with Crippen LogP contribution in [0.1, 0.15) is 24.2 Å². The number of benzene rings is 1. The van der Waals surface area contributed by atoms with Gasteiger partial charge in [0.1, 0.15) is 5.37 Å². The average Bonchev–Trinajstić information content (AvgIpc) is 2.46. The number of hydrogen-bond acceptors (Lipinski definition) is 5. The third kappa shape index (κ3) is 3.55. The molecule has 0 amide bonds. The van der Waals surface area contributed by atoms with E-state index in [-0.39, 0.29) is 11.5 Å². The highest BCUT2D eigenvalue weighted by Gasteiger charge is 2.33. The molecule has 1 heterocycles. The third-order valence-electron chi connectivity index (χ3n) is 3.57. The van der Waals surface area contributed by atoms with Crippen molar-refractivity contribution in [3.63, 3.8) is 0 Å². The molecule has 1 aliphatic rings. The zero-order valence-electron chi connectivity index (χ0n) is 12.0. The van der Waals surface area contributed by atoms with E-state index in [1.165, 1.54) is 6.92 Å². The molecule has 0 N–H and O–H groups in total. The smallest absolute Gasteiger partial charge is 0.171 e. The number of nitrogens with zero attached hydrogens (tertiary/aromatic N) is 1. The van der Waals surface area contributed by atoms with Crippen molar-refractivity contribution in [1.82, 2.24) is 0 Å². The summed E-state index contributed by atoms with van der Waals surface area (Å²) in [4.78, 5) is 13.3. The average molecular weight is 348 g/mol. The Morgan fingerprint density at radius 3 is 2.76 bits per heavy atom. The molecule has 0 radical (unpaired) electrons. The molecule has 2 rings (SSSR count). The van der Waals surface area contributed by atoms with Gasteiger partial charge in [-0.25, -0.2) is 8.42 Å². The lowest BCUT2D eigenvalue weighted by Gasteiger charge is -2.36. The maximum atomic E-state index is 12.3. The first-order chi connectivity index (χ1) is 9.86. The van der Waals surface area contributed by atoms with Gasteiger partial charge in [0.2, 0.25) is 0 Å². The van der Waals surface area contributed by atoms with E-state index < -0.39 is 15.2 Å². The minimum absolute atomic E-state index is 0.0986. The molecule has 0 saturated carbocycles. The van der Waals surface area contributed by atoms with Crippen LogP contribution in [0.4, 0.5) is 5.69 Å². The van der Waals surface area contributed by atoms with Crippen molar-refractivity contribution in [2.24, 2.45) is 0 Å². The number of sulfone groups is 1. The molecule has 116 valence electrons. The lowest BCUT2D eigenvalue weighted by molar-refractivity contribution is 0.101. The normalized spacial score (nSPS) is 19.6. The Kier molecular flexibility index (Phi) is 5.22. The van der Waals surface area contributed by atoms with Gasteiger partial charge in [-0.2, -0.15) is 11.8 Å². The van der Waals surface area contributed by atoms with Crippen LogP contribution in [0.5, 0.6) is 0 Å². The van der Waals surface area contributed by atoms with Crippen molar-refractivity contribution in [3.05, 3.63) is 28.8 Å². The van der Waals surface area contributed by atoms with Crippen molar-refractivity contribution in [2.45, 2.75) is 19.2 Å². The molecule has 1 aromatic rings. The zero-order chi connectivity index (χ0) is 15.6. The molecule has 0 aromatic heterocycles. The summed E-state index contributed by atoms with van der Waals surface area (Å²) in [6.45, 7) is 3.78. The number of hydrogen-bond donors (Lipinski definition) is 0. The summed E-state index contributed by atoms with van der Waals surface area (Å²) in [5.74, 6) is 1.45. The summed E-state index contributed by atoms with van der Waals surface area (Å²) in [7, 11) is -3.16. The molecule has 21 heavy (non-hydrogen) atoms. The van der Waals surface area contributed by atoms with Gasteiger partial charge >= 0.3 is 0 Å². The van der Waals surface area contributed by atoms with Crippen LogP contribution in [0.15, 0.2) is 18.2 Å². The second-order valence-electron chi connectivity index (χ2n) is 4.89. The van der Waals surface area contributed by atoms with Gasteiger partial charge in [-0.1, -0.05) is 18.5 Å². The highest BCUT2D eigenvalue weighted by molar-refractivity contribution is 8.01. The number of rotatable bonds is 4. The highest BCUT2D eigenvalue weighted by Crippen LogP contribution is 2.30. The quantitative estimate of drug-likeness (QED) is 0.784. The van der Waals surface area contributed by atoms with Gasteiger partial charge in [0, 0.05) is 35.1 Å². The Morgan fingerprint density at radius 1 is 1.48 bits per heavy atom. The van der Waals surface area contributed by atoms with Crippen molar-refractivity contribution in [1.29, 1.82) is 0 Å². The summed E-state index contributed by atoms with van der Waals surface area (Å²) in [5.41, 5.74) is 1.22. The molecular formula is C14H18ClNO3S2. The van der Waals surface area contributed by atoms with Gasteiger partial charge in [0.15, 0.2) is 15.6 Å². The minimum Gasteiger partial charge on any atom is -0.353 e. The van der Waals surface area contributed by atoms with E-state index in [4.69, 9.17) is 11.6 Å². The molecule has 1 saturated heterocycles. The number of carbonyl (C=O) groups is 1. The minimum atomic E-state index is -3.16. The number of anilines is 1. The van der Waals surface area contributed by atoms with Crippen LogP contribution in [0.25, 0.3) is 0 Å². The van der Waals surface area contributed by atoms with E-state index in [1.807, 2.05) is 4.90 Å². The first-order valence-electron chi connectivity index (χ1n) is 6.73. The topological polar surface area (TPSA) is 54.5 Å². The molecule has 1 aromatic carbocycles. The van der Waals surface area contributed by atoms with Gasteiger partial charge in [-0.05, 0) is 25.1 Å². The fourth-order valence-corrected chi connectivity index (χ4v) is 5.63. The number of carbonyl (C=O) groups excluding carboxylic acids is 1. The SMILES string of the molecule is CCS(=O)(=O)C1CSCCN1c1ccc(C(C)=O)c(Cl)c1. The summed E-state index contributed by atoms with van der Waals surface area (Å²) >= 11 is 7.79. The molecule has 7 heteroatoms. The van der Waals surface area contributed by atoms with E-state index in [1.54, 1.807) is 36.9 Å². The zero-order valence-corrected chi connectivity index (χ0v) is 14.4. The van der Waals surface area contributed by atoms with Crippen molar-refractivity contribution in [2.75, 3.05) is 28.7 Å². The monoisotopic (exact) mass is 347 g/mol. The molecule has 1 aliphatic heterocycles. The molecule has 4 nitrogen and oxygen atoms in total. The van der Waals surface area contributed by atoms with Crippen LogP contribution in [0.3, 0.4) is 0 Å². The molecule has 1 fully saturated rings. The fraction of sp³-hybridized carbons (Fsp3) is 0.500. The summed E-state index contributed by atoms with van der Waals surface area (Å²) in [6.07, 6.45) is 0. The number of Topliss-reactive ketones (excluding diaryl/α,β-unsaturated/α-hetero) is 1. The van der Waals surface area contributed by atoms with Crippen molar-refractivity contribution >= 4 is 44.7 Å². The van der Waals surface area contributed by atoms with Gasteiger partial charge in [-0.15, -0.1) is 0 Å². The Labute approximate surface area is 134 Å². The van der Waals surface area contributed by atoms with E-state index in [0.717, 1.165) is 11.4 Å². The molecule has 0 aliphatic carbocycles. The van der Waals surface area contributed by atoms with E-state index in [9.17, 15) is 13.2 Å². The van der Waals surface area contributed by atoms with Crippen LogP contribution < -0.4 is 4.90 Å². The van der Waals surface area contributed by atoms with E-state index in [0.29, 0.717) is 22.9 Å². The van der Waals surface area contributed by atoms with E-state index >= 15 is 0 Å². The molecular weight excluding hydrogens is 330 g/mol. The maximum Gasteiger partial charge on any atom is 0.171 e. The predicted molar refractivity (Wildman–Crippen MR) is 89.4 cm³/mol. The Bertz CT molecular complexity index is 646. The molecule has 0 bridgehead atoms. The van der Waals surface area contributed by atoms with Crippen LogP contribution in [0, 0.1) is 0 Å². The Hall–Kier alpha value is -0.720. The van der Waals surface area contributed by atoms with Crippen LogP contribution in [-0.4, -0.2) is 43.4 Å². The maximum absolute atomic E-state index is 12.3. The lowest BCUT2D eigenvalue weighted by Crippen LogP contribution is -2.48. The van der Waals surface area contributed by atoms with E-state index in [2.05, 4.69) is 0 Å². The number of ketones is 1. The molecule has 0 spiro atoms. The van der Waals surface area contributed by atoms with Gasteiger partial charge in [0.25, 0.3) is 0 Å². The molecule has 1 unspecified atom stereocenters. The first-order valence-corrected chi connectivity index (χ1v) is 9.98. The van der Waals surface area contributed by atoms with Crippen molar-refractivity contribution in [3.8, 4) is 0 Å². The van der Waals surface area contributed by atoms with Gasteiger partial charge in [0.05, 0.1) is 5.02 Å². The molecule has 1 atom stereocenters. The summed E-state index contributed by atoms with van der Waals surface area (Å²) < 4.78 is 24.5. The Morgan fingerprint density at radius 2 is 2.19 bits per heavy atom. The fourth-order valence-electron chi connectivity index (χ4n) is 2.33. The van der Waals surface area contributed by atoms with Crippen LogP contribution in [0.2, 0.25) is 5.02 Å². The summed E-state index contributed by atoms with van der Waals surface area (Å²) in [5, 5.41) is -0.161. The van der Waals surface area contributed by atoms with Crippen LogP contribution >= 0.6 is 23.4 Å². The first kappa shape index (κ1) is 16.6. The largest absolute Gasteiger partial charge is 0.353 e. The van der Waals surface area contributed by atoms with Crippen LogP contribution in [-0.2, 0) is 9.84 Å². The predicted octanol–water partition coefficient (Wildman–Crippen LogP) is 2.86. The number of thioether (sulfide) groups is 1. The van der Waals surface area contributed by atoms with Crippen molar-refractivity contribution < 1.29 is 13.2 Å². The van der Waals surface area contributed by atoms with Gasteiger partial charge < -0.3 is 4.90 Å². The second-order valence-corrected chi connectivity index (χ2v) is 8.90. The second kappa shape index (κ2) is 6.58. The summed E-state index contributed by atoms with van der Waals surface area (Å²) in [6, 6.07) is 5.13. The highest BCUT2D eigenvalue weighted by atomic mass is 35.5. The standard InChI is InChI=1S/C14H18ClNO3S2/c1-3-21(18,19)14-9-20-7-6-16(14)11-4-5-12(10(2)17)13(15)8-11/h4-5,8,14H,3,6-7,9H2,1-2H3. The lowest BCUT2D eigenvalue weighted by atomic mass is 10.1. The number of halogens is 1. The Balaban J connectivity index is 2.38.